The highest BCUT2D eigenvalue weighted by Gasteiger charge is 2.29. The predicted octanol–water partition coefficient (Wildman–Crippen LogP) is 2.01. The van der Waals surface area contributed by atoms with Crippen molar-refractivity contribution in [1.29, 1.82) is 0 Å². The summed E-state index contributed by atoms with van der Waals surface area (Å²) in [6.07, 6.45) is 4.00. The molecule has 1 heterocycles. The Morgan fingerprint density at radius 2 is 1.71 bits per heavy atom. The molecule has 1 nitrogen and oxygen atoms in total. The number of hydrogen-bond acceptors (Lipinski definition) is 1. The first kappa shape index (κ1) is 8.49. The summed E-state index contributed by atoms with van der Waals surface area (Å²) in [6.45, 7) is 2.46. The standard InChI is InChI=1S/C13H17N/c1-2-4-11-8-13-9-14-6-5-12(13)7-10(11)3-1/h1-4,12-14H,5-9H2/t12-,13+/m1/s1. The maximum absolute atomic E-state index is 3.51. The molecule has 1 aromatic carbocycles. The second-order valence-corrected chi connectivity index (χ2v) is 4.69. The van der Waals surface area contributed by atoms with Crippen LogP contribution in [0.15, 0.2) is 24.3 Å². The van der Waals surface area contributed by atoms with Gasteiger partial charge >= 0.3 is 0 Å². The monoisotopic (exact) mass is 187 g/mol. The van der Waals surface area contributed by atoms with Gasteiger partial charge in [0.2, 0.25) is 0 Å². The van der Waals surface area contributed by atoms with Gasteiger partial charge in [-0.1, -0.05) is 24.3 Å². The van der Waals surface area contributed by atoms with E-state index in [1.807, 2.05) is 0 Å². The molecule has 1 saturated heterocycles. The number of fused-ring (bicyclic) bond motifs is 2. The van der Waals surface area contributed by atoms with Crippen LogP contribution in [-0.4, -0.2) is 13.1 Å². The lowest BCUT2D eigenvalue weighted by Crippen LogP contribution is -2.40. The van der Waals surface area contributed by atoms with Gasteiger partial charge in [-0.3, -0.25) is 0 Å². The second-order valence-electron chi connectivity index (χ2n) is 4.69. The largest absolute Gasteiger partial charge is 0.316 e. The van der Waals surface area contributed by atoms with Crippen LogP contribution in [0.5, 0.6) is 0 Å². The van der Waals surface area contributed by atoms with E-state index in [9.17, 15) is 0 Å². The number of hydrogen-bond donors (Lipinski definition) is 1. The molecule has 14 heavy (non-hydrogen) atoms. The zero-order chi connectivity index (χ0) is 9.38. The maximum Gasteiger partial charge on any atom is -0.00146 e. The molecule has 2 aliphatic rings. The smallest absolute Gasteiger partial charge is 0.00146 e. The normalized spacial score (nSPS) is 30.6. The number of nitrogens with one attached hydrogen (secondary N) is 1. The lowest BCUT2D eigenvalue weighted by Gasteiger charge is -2.37. The Hall–Kier alpha value is -0.820. The first-order chi connectivity index (χ1) is 6.93. The third kappa shape index (κ3) is 1.36. The van der Waals surface area contributed by atoms with Gasteiger partial charge in [-0.05, 0) is 55.3 Å². The minimum Gasteiger partial charge on any atom is -0.316 e. The van der Waals surface area contributed by atoms with E-state index in [0.29, 0.717) is 0 Å². The van der Waals surface area contributed by atoms with E-state index >= 15 is 0 Å². The average molecular weight is 187 g/mol. The van der Waals surface area contributed by atoms with E-state index < -0.39 is 0 Å². The van der Waals surface area contributed by atoms with Gasteiger partial charge in [0.15, 0.2) is 0 Å². The molecule has 1 aliphatic heterocycles. The predicted molar refractivity (Wildman–Crippen MR) is 58.3 cm³/mol. The third-order valence-corrected chi connectivity index (χ3v) is 3.85. The van der Waals surface area contributed by atoms with Crippen molar-refractivity contribution in [1.82, 2.24) is 5.32 Å². The van der Waals surface area contributed by atoms with Crippen molar-refractivity contribution < 1.29 is 0 Å². The molecular weight excluding hydrogens is 170 g/mol. The van der Waals surface area contributed by atoms with Gasteiger partial charge in [0.05, 0.1) is 0 Å². The zero-order valence-corrected chi connectivity index (χ0v) is 8.50. The summed E-state index contributed by atoms with van der Waals surface area (Å²) in [6, 6.07) is 8.98. The zero-order valence-electron chi connectivity index (χ0n) is 8.50. The molecular formula is C13H17N. The molecule has 0 amide bonds. The summed E-state index contributed by atoms with van der Waals surface area (Å²) < 4.78 is 0. The molecule has 1 N–H and O–H groups in total. The molecule has 1 aliphatic carbocycles. The van der Waals surface area contributed by atoms with Crippen LogP contribution in [0.1, 0.15) is 17.5 Å². The van der Waals surface area contributed by atoms with Crippen LogP contribution >= 0.6 is 0 Å². The fourth-order valence-corrected chi connectivity index (χ4v) is 3.01. The molecule has 0 bridgehead atoms. The number of benzene rings is 1. The number of rotatable bonds is 0. The molecule has 0 saturated carbocycles. The molecule has 0 radical (unpaired) electrons. The fraction of sp³-hybridized carbons (Fsp3) is 0.538. The van der Waals surface area contributed by atoms with E-state index in [4.69, 9.17) is 0 Å². The molecule has 0 unspecified atom stereocenters. The average Bonchev–Trinajstić information content (AvgIpc) is 2.26. The number of piperidine rings is 1. The van der Waals surface area contributed by atoms with Crippen LogP contribution in [0, 0.1) is 11.8 Å². The Morgan fingerprint density at radius 3 is 2.50 bits per heavy atom. The van der Waals surface area contributed by atoms with E-state index in [0.717, 1.165) is 11.8 Å². The van der Waals surface area contributed by atoms with Crippen molar-refractivity contribution in [2.45, 2.75) is 19.3 Å². The first-order valence-electron chi connectivity index (χ1n) is 5.71. The summed E-state index contributed by atoms with van der Waals surface area (Å²) in [5.41, 5.74) is 3.20. The summed E-state index contributed by atoms with van der Waals surface area (Å²) in [7, 11) is 0. The van der Waals surface area contributed by atoms with Gasteiger partial charge in [-0.25, -0.2) is 0 Å². The molecule has 2 atom stereocenters. The molecule has 1 aromatic rings. The Balaban J connectivity index is 1.91. The van der Waals surface area contributed by atoms with Gasteiger partial charge in [-0.2, -0.15) is 0 Å². The lowest BCUT2D eigenvalue weighted by atomic mass is 9.73. The van der Waals surface area contributed by atoms with Crippen LogP contribution in [0.25, 0.3) is 0 Å². The quantitative estimate of drug-likeness (QED) is 0.655. The second kappa shape index (κ2) is 3.39. The van der Waals surface area contributed by atoms with Crippen LogP contribution in [0.3, 0.4) is 0 Å². The summed E-state index contributed by atoms with van der Waals surface area (Å²) in [5, 5.41) is 3.51. The van der Waals surface area contributed by atoms with Gasteiger partial charge < -0.3 is 5.32 Å². The SMILES string of the molecule is c1ccc2c(c1)C[C@H]1CCNC[C@@H]1C2. The van der Waals surface area contributed by atoms with Gasteiger partial charge in [0.1, 0.15) is 0 Å². The Bertz CT molecular complexity index is 299. The lowest BCUT2D eigenvalue weighted by molar-refractivity contribution is 0.237. The van der Waals surface area contributed by atoms with Crippen LogP contribution in [0.2, 0.25) is 0 Å². The van der Waals surface area contributed by atoms with Crippen molar-refractivity contribution in [3.05, 3.63) is 35.4 Å². The fourth-order valence-electron chi connectivity index (χ4n) is 3.01. The minimum atomic E-state index is 0.902. The summed E-state index contributed by atoms with van der Waals surface area (Å²) >= 11 is 0. The summed E-state index contributed by atoms with van der Waals surface area (Å²) in [5.74, 6) is 1.85. The van der Waals surface area contributed by atoms with Crippen molar-refractivity contribution in [3.63, 3.8) is 0 Å². The topological polar surface area (TPSA) is 12.0 Å². The minimum absolute atomic E-state index is 0.902. The van der Waals surface area contributed by atoms with Gasteiger partial charge in [0.25, 0.3) is 0 Å². The highest BCUT2D eigenvalue weighted by molar-refractivity contribution is 5.30. The van der Waals surface area contributed by atoms with Crippen molar-refractivity contribution in [2.75, 3.05) is 13.1 Å². The van der Waals surface area contributed by atoms with Crippen molar-refractivity contribution in [3.8, 4) is 0 Å². The van der Waals surface area contributed by atoms with E-state index in [2.05, 4.69) is 29.6 Å². The Morgan fingerprint density at radius 1 is 1.00 bits per heavy atom. The molecule has 1 fully saturated rings. The Kier molecular flexibility index (Phi) is 2.06. The molecule has 3 rings (SSSR count). The van der Waals surface area contributed by atoms with E-state index in [1.165, 1.54) is 32.4 Å². The molecule has 0 spiro atoms. The first-order valence-corrected chi connectivity index (χ1v) is 5.71. The van der Waals surface area contributed by atoms with Crippen LogP contribution in [-0.2, 0) is 12.8 Å². The van der Waals surface area contributed by atoms with E-state index in [-0.39, 0.29) is 0 Å². The molecule has 1 heteroatoms. The highest BCUT2D eigenvalue weighted by Crippen LogP contribution is 2.33. The van der Waals surface area contributed by atoms with Crippen LogP contribution in [0.4, 0.5) is 0 Å². The third-order valence-electron chi connectivity index (χ3n) is 3.85. The molecule has 0 aromatic heterocycles. The van der Waals surface area contributed by atoms with Gasteiger partial charge in [0, 0.05) is 0 Å². The Labute approximate surface area is 85.5 Å². The summed E-state index contributed by atoms with van der Waals surface area (Å²) in [4.78, 5) is 0. The highest BCUT2D eigenvalue weighted by atomic mass is 14.9. The van der Waals surface area contributed by atoms with Crippen molar-refractivity contribution in [2.24, 2.45) is 11.8 Å². The van der Waals surface area contributed by atoms with Gasteiger partial charge in [-0.15, -0.1) is 0 Å². The van der Waals surface area contributed by atoms with Crippen LogP contribution < -0.4 is 5.32 Å². The van der Waals surface area contributed by atoms with Crippen molar-refractivity contribution >= 4 is 0 Å². The van der Waals surface area contributed by atoms with E-state index in [1.54, 1.807) is 11.1 Å². The molecule has 74 valence electrons. The maximum atomic E-state index is 3.51.